The van der Waals surface area contributed by atoms with Gasteiger partial charge in [-0.05, 0) is 44.4 Å². The van der Waals surface area contributed by atoms with Gasteiger partial charge in [-0.3, -0.25) is 4.79 Å². The molecule has 9 heteroatoms. The van der Waals surface area contributed by atoms with Crippen LogP contribution in [0.25, 0.3) is 0 Å². The largest absolute Gasteiger partial charge is 0.376 e. The van der Waals surface area contributed by atoms with Gasteiger partial charge in [-0.1, -0.05) is 0 Å². The van der Waals surface area contributed by atoms with Crippen molar-refractivity contribution in [3.63, 3.8) is 0 Å². The van der Waals surface area contributed by atoms with Crippen LogP contribution in [-0.2, 0) is 24.3 Å². The Balaban J connectivity index is 1.95. The number of benzene rings is 1. The van der Waals surface area contributed by atoms with E-state index >= 15 is 0 Å². The van der Waals surface area contributed by atoms with Gasteiger partial charge in [0.2, 0.25) is 0 Å². The summed E-state index contributed by atoms with van der Waals surface area (Å²) >= 11 is 0. The van der Waals surface area contributed by atoms with E-state index in [9.17, 15) is 22.0 Å². The van der Waals surface area contributed by atoms with Crippen molar-refractivity contribution in [3.8, 4) is 0 Å². The quantitative estimate of drug-likeness (QED) is 0.833. The van der Waals surface area contributed by atoms with Crippen LogP contribution in [0.5, 0.6) is 0 Å². The molecule has 134 valence electrons. The van der Waals surface area contributed by atoms with Crippen molar-refractivity contribution >= 4 is 15.9 Å². The lowest BCUT2D eigenvalue weighted by Gasteiger charge is -2.23. The molecular formula is C15H19F2NO5S. The van der Waals surface area contributed by atoms with Gasteiger partial charge in [0.05, 0.1) is 12.7 Å². The van der Waals surface area contributed by atoms with Crippen LogP contribution in [0.1, 0.15) is 26.2 Å². The minimum Gasteiger partial charge on any atom is -0.376 e. The molecule has 2 rings (SSSR count). The molecule has 1 saturated heterocycles. The second-order valence-electron chi connectivity index (χ2n) is 5.51. The average Bonchev–Trinajstić information content (AvgIpc) is 2.55. The second-order valence-corrected chi connectivity index (χ2v) is 7.16. The molecule has 1 aromatic carbocycles. The molecule has 0 radical (unpaired) electrons. The molecule has 1 aromatic rings. The first-order valence-corrected chi connectivity index (χ1v) is 9.03. The standard InChI is InChI=1S/C15H19F2NO5S/c1-10(23-9-12-4-2-3-7-22-12)15(19)18-24(20,21)14-8-11(16)5-6-13(14)17/h5-6,8,10,12H,2-4,7,9H2,1H3,(H,18,19)/t10-,12+/m1/s1. The summed E-state index contributed by atoms with van der Waals surface area (Å²) in [7, 11) is -4.53. The number of hydrogen-bond acceptors (Lipinski definition) is 5. The summed E-state index contributed by atoms with van der Waals surface area (Å²) in [4.78, 5) is 11.0. The molecular weight excluding hydrogens is 344 g/mol. The minimum atomic E-state index is -4.53. The molecule has 1 amide bonds. The Labute approximate surface area is 139 Å². The van der Waals surface area contributed by atoms with Crippen LogP contribution in [0.2, 0.25) is 0 Å². The number of sulfonamides is 1. The number of amides is 1. The maximum atomic E-state index is 13.6. The van der Waals surface area contributed by atoms with Crippen molar-refractivity contribution in [2.45, 2.75) is 43.3 Å². The Bertz CT molecular complexity index is 689. The molecule has 1 aliphatic heterocycles. The third-order valence-corrected chi connectivity index (χ3v) is 4.95. The maximum Gasteiger partial charge on any atom is 0.267 e. The van der Waals surface area contributed by atoms with E-state index in [1.165, 1.54) is 6.92 Å². The van der Waals surface area contributed by atoms with Crippen molar-refractivity contribution in [2.75, 3.05) is 13.2 Å². The van der Waals surface area contributed by atoms with E-state index in [2.05, 4.69) is 0 Å². The molecule has 0 saturated carbocycles. The molecule has 0 bridgehead atoms. The molecule has 0 aliphatic carbocycles. The maximum absolute atomic E-state index is 13.6. The Morgan fingerprint density at radius 2 is 2.17 bits per heavy atom. The first-order valence-electron chi connectivity index (χ1n) is 7.54. The van der Waals surface area contributed by atoms with Gasteiger partial charge in [0.15, 0.2) is 0 Å². The lowest BCUT2D eigenvalue weighted by molar-refractivity contribution is -0.133. The van der Waals surface area contributed by atoms with Gasteiger partial charge >= 0.3 is 0 Å². The summed E-state index contributed by atoms with van der Waals surface area (Å²) in [6.07, 6.45) is 1.57. The van der Waals surface area contributed by atoms with Gasteiger partial charge in [-0.25, -0.2) is 21.9 Å². The average molecular weight is 363 g/mol. The van der Waals surface area contributed by atoms with E-state index in [0.29, 0.717) is 18.7 Å². The van der Waals surface area contributed by atoms with Gasteiger partial charge < -0.3 is 9.47 Å². The molecule has 0 unspecified atom stereocenters. The third-order valence-electron chi connectivity index (χ3n) is 3.59. The molecule has 24 heavy (non-hydrogen) atoms. The lowest BCUT2D eigenvalue weighted by atomic mass is 10.1. The molecule has 1 fully saturated rings. The van der Waals surface area contributed by atoms with Crippen LogP contribution in [0.15, 0.2) is 23.1 Å². The second kappa shape index (κ2) is 8.00. The fourth-order valence-electron chi connectivity index (χ4n) is 2.22. The predicted octanol–water partition coefficient (Wildman–Crippen LogP) is 1.74. The van der Waals surface area contributed by atoms with E-state index in [-0.39, 0.29) is 12.7 Å². The van der Waals surface area contributed by atoms with Crippen molar-refractivity contribution in [1.29, 1.82) is 0 Å². The number of carbonyl (C=O) groups excluding carboxylic acids is 1. The molecule has 6 nitrogen and oxygen atoms in total. The highest BCUT2D eigenvalue weighted by atomic mass is 32.2. The monoisotopic (exact) mass is 363 g/mol. The number of halogens is 2. The number of carbonyl (C=O) groups is 1. The summed E-state index contributed by atoms with van der Waals surface area (Å²) in [6, 6.07) is 1.97. The van der Waals surface area contributed by atoms with Gasteiger partial charge in [-0.2, -0.15) is 0 Å². The van der Waals surface area contributed by atoms with Crippen LogP contribution >= 0.6 is 0 Å². The fourth-order valence-corrected chi connectivity index (χ4v) is 3.35. The molecule has 0 spiro atoms. The molecule has 1 aliphatic rings. The molecule has 2 atom stereocenters. The SMILES string of the molecule is C[C@@H](OC[C@@H]1CCCCO1)C(=O)NS(=O)(=O)c1cc(F)ccc1F. The summed E-state index contributed by atoms with van der Waals surface area (Å²) in [6.45, 7) is 2.15. The normalized spacial score (nSPS) is 19.7. The molecule has 1 heterocycles. The Morgan fingerprint density at radius 1 is 1.42 bits per heavy atom. The van der Waals surface area contributed by atoms with Crippen LogP contribution in [0, 0.1) is 11.6 Å². The summed E-state index contributed by atoms with van der Waals surface area (Å²) in [5.74, 6) is -3.04. The first kappa shape index (κ1) is 18.8. The van der Waals surface area contributed by atoms with Crippen LogP contribution in [-0.4, -0.2) is 39.7 Å². The van der Waals surface area contributed by atoms with E-state index in [1.807, 2.05) is 0 Å². The van der Waals surface area contributed by atoms with Crippen molar-refractivity contribution < 1.29 is 31.5 Å². The Kier molecular flexibility index (Phi) is 6.25. The number of nitrogens with one attached hydrogen (secondary N) is 1. The van der Waals surface area contributed by atoms with Crippen LogP contribution in [0.3, 0.4) is 0 Å². The Morgan fingerprint density at radius 3 is 2.83 bits per heavy atom. The van der Waals surface area contributed by atoms with E-state index in [1.54, 1.807) is 4.72 Å². The topological polar surface area (TPSA) is 81.7 Å². The van der Waals surface area contributed by atoms with E-state index in [4.69, 9.17) is 9.47 Å². The fraction of sp³-hybridized carbons (Fsp3) is 0.533. The highest BCUT2D eigenvalue weighted by molar-refractivity contribution is 7.90. The minimum absolute atomic E-state index is 0.133. The third kappa shape index (κ3) is 4.96. The smallest absolute Gasteiger partial charge is 0.267 e. The molecule has 0 aromatic heterocycles. The van der Waals surface area contributed by atoms with Crippen LogP contribution < -0.4 is 4.72 Å². The van der Waals surface area contributed by atoms with E-state index < -0.39 is 38.6 Å². The van der Waals surface area contributed by atoms with E-state index in [0.717, 1.165) is 25.3 Å². The highest BCUT2D eigenvalue weighted by Crippen LogP contribution is 2.16. The number of rotatable bonds is 6. The zero-order chi connectivity index (χ0) is 17.7. The number of ether oxygens (including phenoxy) is 2. The summed E-state index contributed by atoms with van der Waals surface area (Å²) in [5, 5.41) is 0. The lowest BCUT2D eigenvalue weighted by Crippen LogP contribution is -2.40. The Hall–Kier alpha value is -1.58. The highest BCUT2D eigenvalue weighted by Gasteiger charge is 2.26. The summed E-state index contributed by atoms with van der Waals surface area (Å²) < 4.78 is 63.1. The zero-order valence-corrected chi connectivity index (χ0v) is 13.9. The van der Waals surface area contributed by atoms with Gasteiger partial charge in [0, 0.05) is 6.61 Å². The van der Waals surface area contributed by atoms with Crippen LogP contribution in [0.4, 0.5) is 8.78 Å². The molecule has 1 N–H and O–H groups in total. The van der Waals surface area contributed by atoms with Crippen molar-refractivity contribution in [3.05, 3.63) is 29.8 Å². The summed E-state index contributed by atoms with van der Waals surface area (Å²) in [5.41, 5.74) is 0. The van der Waals surface area contributed by atoms with Gasteiger partial charge in [0.25, 0.3) is 15.9 Å². The van der Waals surface area contributed by atoms with Crippen molar-refractivity contribution in [2.24, 2.45) is 0 Å². The van der Waals surface area contributed by atoms with Crippen molar-refractivity contribution in [1.82, 2.24) is 4.72 Å². The predicted molar refractivity (Wildman–Crippen MR) is 80.7 cm³/mol. The first-order chi connectivity index (χ1) is 11.3. The van der Waals surface area contributed by atoms with Gasteiger partial charge in [0.1, 0.15) is 22.6 Å². The number of hydrogen-bond donors (Lipinski definition) is 1. The van der Waals surface area contributed by atoms with Gasteiger partial charge in [-0.15, -0.1) is 0 Å². The zero-order valence-electron chi connectivity index (χ0n) is 13.1.